The lowest BCUT2D eigenvalue weighted by Gasteiger charge is -2.51. The largest absolute Gasteiger partial charge is 0.392 e. The van der Waals surface area contributed by atoms with E-state index in [1.165, 1.54) is 12.0 Å². The molecule has 2 aliphatic heterocycles. The third-order valence-electron chi connectivity index (χ3n) is 3.81. The summed E-state index contributed by atoms with van der Waals surface area (Å²) in [7, 11) is 0. The summed E-state index contributed by atoms with van der Waals surface area (Å²) >= 11 is 0. The fourth-order valence-electron chi connectivity index (χ4n) is 2.93. The van der Waals surface area contributed by atoms with Gasteiger partial charge in [-0.3, -0.25) is 4.90 Å². The number of hydrogen-bond donors (Lipinski definition) is 1. The lowest BCUT2D eigenvalue weighted by Crippen LogP contribution is -2.57. The zero-order valence-corrected chi connectivity index (χ0v) is 8.84. The Bertz CT molecular complexity index is 326. The van der Waals surface area contributed by atoms with E-state index in [-0.39, 0.29) is 6.10 Å². The van der Waals surface area contributed by atoms with Crippen LogP contribution in [-0.2, 0) is 6.54 Å². The van der Waals surface area contributed by atoms with Crippen molar-refractivity contribution >= 4 is 0 Å². The van der Waals surface area contributed by atoms with E-state index < -0.39 is 0 Å². The Morgan fingerprint density at radius 2 is 1.80 bits per heavy atom. The van der Waals surface area contributed by atoms with E-state index in [1.54, 1.807) is 0 Å². The molecular formula is C13H17NO. The molecule has 0 spiro atoms. The predicted octanol–water partition coefficient (Wildman–Crippen LogP) is 1.50. The van der Waals surface area contributed by atoms with Crippen molar-refractivity contribution in [1.82, 2.24) is 4.90 Å². The first-order valence-electron chi connectivity index (χ1n) is 5.77. The minimum Gasteiger partial charge on any atom is -0.392 e. The predicted molar refractivity (Wildman–Crippen MR) is 59.3 cm³/mol. The first kappa shape index (κ1) is 9.37. The minimum absolute atomic E-state index is 0.00276. The van der Waals surface area contributed by atoms with Crippen molar-refractivity contribution in [3.63, 3.8) is 0 Å². The molecule has 1 aromatic carbocycles. The summed E-state index contributed by atoms with van der Waals surface area (Å²) in [5, 5.41) is 9.68. The Hall–Kier alpha value is -0.860. The quantitative estimate of drug-likeness (QED) is 0.787. The van der Waals surface area contributed by atoms with Crippen molar-refractivity contribution in [3.8, 4) is 0 Å². The molecule has 3 fully saturated rings. The second-order valence-corrected chi connectivity index (χ2v) is 4.93. The SMILES string of the molecule is OC1C2CC1CN(Cc1ccccc1)C2. The summed E-state index contributed by atoms with van der Waals surface area (Å²) in [6, 6.07) is 10.6. The van der Waals surface area contributed by atoms with Crippen LogP contribution >= 0.6 is 0 Å². The van der Waals surface area contributed by atoms with Gasteiger partial charge in [-0.1, -0.05) is 30.3 Å². The van der Waals surface area contributed by atoms with Crippen LogP contribution in [0.3, 0.4) is 0 Å². The highest BCUT2D eigenvalue weighted by molar-refractivity contribution is 5.15. The van der Waals surface area contributed by atoms with Crippen molar-refractivity contribution < 1.29 is 5.11 Å². The zero-order valence-electron chi connectivity index (χ0n) is 8.84. The van der Waals surface area contributed by atoms with E-state index in [1.807, 2.05) is 0 Å². The molecule has 2 atom stereocenters. The molecule has 3 aliphatic rings. The van der Waals surface area contributed by atoms with Crippen LogP contribution in [0.5, 0.6) is 0 Å². The molecule has 2 saturated heterocycles. The summed E-state index contributed by atoms with van der Waals surface area (Å²) in [6.45, 7) is 3.19. The molecule has 15 heavy (non-hydrogen) atoms. The van der Waals surface area contributed by atoms with E-state index in [0.29, 0.717) is 11.8 Å². The molecule has 0 radical (unpaired) electrons. The molecule has 2 heterocycles. The number of fused-ring (bicyclic) bond motifs is 2. The summed E-state index contributed by atoms with van der Waals surface area (Å²) < 4.78 is 0. The van der Waals surface area contributed by atoms with Gasteiger partial charge in [-0.25, -0.2) is 0 Å². The Morgan fingerprint density at radius 3 is 2.40 bits per heavy atom. The topological polar surface area (TPSA) is 23.5 Å². The summed E-state index contributed by atoms with van der Waals surface area (Å²) in [4.78, 5) is 2.47. The molecular weight excluding hydrogens is 186 g/mol. The van der Waals surface area contributed by atoms with Gasteiger partial charge in [0.2, 0.25) is 0 Å². The first-order chi connectivity index (χ1) is 7.33. The molecule has 4 rings (SSSR count). The molecule has 2 nitrogen and oxygen atoms in total. The van der Waals surface area contributed by atoms with Crippen molar-refractivity contribution in [2.75, 3.05) is 13.1 Å². The Balaban J connectivity index is 1.62. The number of nitrogens with zero attached hydrogens (tertiary/aromatic N) is 1. The van der Waals surface area contributed by atoms with Crippen LogP contribution in [0, 0.1) is 11.8 Å². The maximum absolute atomic E-state index is 9.68. The number of hydrogen-bond acceptors (Lipinski definition) is 2. The van der Waals surface area contributed by atoms with Crippen LogP contribution in [0.4, 0.5) is 0 Å². The van der Waals surface area contributed by atoms with Gasteiger partial charge < -0.3 is 5.11 Å². The monoisotopic (exact) mass is 203 g/mol. The standard InChI is InChI=1S/C13H17NO/c15-13-11-6-12(13)9-14(8-11)7-10-4-2-1-3-5-10/h1-5,11-13,15H,6-9H2. The average molecular weight is 203 g/mol. The highest BCUT2D eigenvalue weighted by Gasteiger charge is 2.45. The normalized spacial score (nSPS) is 34.9. The maximum atomic E-state index is 9.68. The average Bonchev–Trinajstić information content (AvgIpc) is 2.30. The molecule has 2 unspecified atom stereocenters. The van der Waals surface area contributed by atoms with Crippen LogP contribution in [0.2, 0.25) is 0 Å². The summed E-state index contributed by atoms with van der Waals surface area (Å²) in [5.74, 6) is 1.10. The van der Waals surface area contributed by atoms with Crippen LogP contribution in [0.1, 0.15) is 12.0 Å². The van der Waals surface area contributed by atoms with Gasteiger partial charge in [0.25, 0.3) is 0 Å². The van der Waals surface area contributed by atoms with E-state index in [0.717, 1.165) is 19.6 Å². The number of aliphatic hydroxyl groups excluding tert-OH is 1. The molecule has 1 aliphatic carbocycles. The Labute approximate surface area is 90.5 Å². The highest BCUT2D eigenvalue weighted by atomic mass is 16.3. The van der Waals surface area contributed by atoms with Crippen LogP contribution < -0.4 is 0 Å². The number of aliphatic hydroxyl groups is 1. The van der Waals surface area contributed by atoms with E-state index in [2.05, 4.69) is 35.2 Å². The van der Waals surface area contributed by atoms with E-state index in [4.69, 9.17) is 0 Å². The molecule has 1 saturated carbocycles. The third-order valence-corrected chi connectivity index (χ3v) is 3.81. The molecule has 1 aromatic rings. The van der Waals surface area contributed by atoms with Gasteiger partial charge in [-0.05, 0) is 23.8 Å². The number of rotatable bonds is 2. The molecule has 0 amide bonds. The fourth-order valence-corrected chi connectivity index (χ4v) is 2.93. The van der Waals surface area contributed by atoms with Gasteiger partial charge in [-0.15, -0.1) is 0 Å². The van der Waals surface area contributed by atoms with Crippen molar-refractivity contribution in [2.24, 2.45) is 11.8 Å². The zero-order chi connectivity index (χ0) is 10.3. The minimum atomic E-state index is -0.00276. The smallest absolute Gasteiger partial charge is 0.0621 e. The molecule has 2 bridgehead atoms. The van der Waals surface area contributed by atoms with Gasteiger partial charge in [0.15, 0.2) is 0 Å². The maximum Gasteiger partial charge on any atom is 0.0621 e. The van der Waals surface area contributed by atoms with E-state index >= 15 is 0 Å². The van der Waals surface area contributed by atoms with Crippen molar-refractivity contribution in [2.45, 2.75) is 19.1 Å². The lowest BCUT2D eigenvalue weighted by molar-refractivity contribution is -0.109. The summed E-state index contributed by atoms with van der Waals surface area (Å²) in [6.07, 6.45) is 1.24. The molecule has 0 aromatic heterocycles. The van der Waals surface area contributed by atoms with Gasteiger partial charge >= 0.3 is 0 Å². The summed E-state index contributed by atoms with van der Waals surface area (Å²) in [5.41, 5.74) is 1.38. The van der Waals surface area contributed by atoms with Crippen LogP contribution in [0.25, 0.3) is 0 Å². The van der Waals surface area contributed by atoms with E-state index in [9.17, 15) is 5.11 Å². The van der Waals surface area contributed by atoms with Gasteiger partial charge in [0.05, 0.1) is 6.10 Å². The lowest BCUT2D eigenvalue weighted by atomic mass is 9.68. The van der Waals surface area contributed by atoms with Gasteiger partial charge in [-0.2, -0.15) is 0 Å². The highest BCUT2D eigenvalue weighted by Crippen LogP contribution is 2.40. The first-order valence-corrected chi connectivity index (χ1v) is 5.77. The molecule has 2 heteroatoms. The van der Waals surface area contributed by atoms with Crippen LogP contribution in [0.15, 0.2) is 30.3 Å². The van der Waals surface area contributed by atoms with Crippen molar-refractivity contribution in [3.05, 3.63) is 35.9 Å². The number of benzene rings is 1. The second-order valence-electron chi connectivity index (χ2n) is 4.93. The second kappa shape index (κ2) is 3.62. The molecule has 80 valence electrons. The molecule has 1 N–H and O–H groups in total. The van der Waals surface area contributed by atoms with Gasteiger partial charge in [0.1, 0.15) is 0 Å². The fraction of sp³-hybridized carbons (Fsp3) is 0.538. The van der Waals surface area contributed by atoms with Gasteiger partial charge in [0, 0.05) is 19.6 Å². The Kier molecular flexibility index (Phi) is 2.26. The third kappa shape index (κ3) is 1.68. The van der Waals surface area contributed by atoms with Crippen molar-refractivity contribution in [1.29, 1.82) is 0 Å². The number of piperidine rings is 2. The van der Waals surface area contributed by atoms with Crippen LogP contribution in [-0.4, -0.2) is 29.2 Å². The Morgan fingerprint density at radius 1 is 1.13 bits per heavy atom.